The number of aromatic nitrogens is 1. The molecule has 1 unspecified atom stereocenters. The number of amides is 3. The van der Waals surface area contributed by atoms with E-state index in [1.807, 2.05) is 19.1 Å². The minimum Gasteiger partial charge on any atom is -0.490 e. The number of nitrogens with one attached hydrogen (secondary N) is 2. The topological polar surface area (TPSA) is 133 Å². The number of benzene rings is 2. The molecular formula is C38H47N7O4. The first-order valence-corrected chi connectivity index (χ1v) is 17.7. The van der Waals surface area contributed by atoms with Gasteiger partial charge in [-0.3, -0.25) is 14.4 Å². The van der Waals surface area contributed by atoms with E-state index in [1.54, 1.807) is 24.4 Å². The third kappa shape index (κ3) is 7.22. The molecule has 3 aromatic rings. The highest BCUT2D eigenvalue weighted by atomic mass is 16.5. The monoisotopic (exact) mass is 665 g/mol. The van der Waals surface area contributed by atoms with E-state index in [0.29, 0.717) is 22.4 Å². The summed E-state index contributed by atoms with van der Waals surface area (Å²) in [6.45, 7) is 6.17. The normalized spacial score (nSPS) is 23.0. The molecule has 258 valence electrons. The molecule has 49 heavy (non-hydrogen) atoms. The van der Waals surface area contributed by atoms with Crippen molar-refractivity contribution in [2.45, 2.75) is 82.1 Å². The van der Waals surface area contributed by atoms with Gasteiger partial charge in [0.2, 0.25) is 0 Å². The van der Waals surface area contributed by atoms with Gasteiger partial charge >= 0.3 is 0 Å². The summed E-state index contributed by atoms with van der Waals surface area (Å²) in [5.74, 6) is 0.351. The lowest BCUT2D eigenvalue weighted by atomic mass is 9.95. The van der Waals surface area contributed by atoms with Crippen LogP contribution >= 0.6 is 0 Å². The van der Waals surface area contributed by atoms with Crippen LogP contribution in [0.2, 0.25) is 0 Å². The van der Waals surface area contributed by atoms with Crippen molar-refractivity contribution in [2.75, 3.05) is 43.0 Å². The Bertz CT molecular complexity index is 1650. The van der Waals surface area contributed by atoms with Crippen molar-refractivity contribution < 1.29 is 19.1 Å². The van der Waals surface area contributed by atoms with Crippen molar-refractivity contribution >= 4 is 29.2 Å². The molecule has 4 atom stereocenters. The Morgan fingerprint density at radius 2 is 1.57 bits per heavy atom. The van der Waals surface area contributed by atoms with Crippen molar-refractivity contribution in [2.24, 2.45) is 5.73 Å². The largest absolute Gasteiger partial charge is 0.490 e. The Morgan fingerprint density at radius 1 is 0.878 bits per heavy atom. The van der Waals surface area contributed by atoms with Crippen LogP contribution < -0.4 is 30.9 Å². The molecule has 4 heterocycles. The number of pyridine rings is 1. The first kappa shape index (κ1) is 32.9. The first-order valence-electron chi connectivity index (χ1n) is 17.7. The molecule has 1 aromatic heterocycles. The molecule has 4 N–H and O–H groups in total. The van der Waals surface area contributed by atoms with Gasteiger partial charge in [0.1, 0.15) is 11.6 Å². The van der Waals surface area contributed by atoms with Crippen LogP contribution in [-0.2, 0) is 0 Å². The van der Waals surface area contributed by atoms with Crippen molar-refractivity contribution in [3.8, 4) is 5.75 Å². The maximum absolute atomic E-state index is 13.3. The number of nitrogens with zero attached hydrogens (tertiary/aromatic N) is 4. The fraction of sp³-hybridized carbons (Fsp3) is 0.474. The number of hydrogen-bond acceptors (Lipinski definition) is 8. The lowest BCUT2D eigenvalue weighted by molar-refractivity contribution is 0.0916. The predicted molar refractivity (Wildman–Crippen MR) is 189 cm³/mol. The van der Waals surface area contributed by atoms with E-state index in [9.17, 15) is 14.4 Å². The Hall–Kier alpha value is -4.64. The second-order valence-corrected chi connectivity index (χ2v) is 14.2. The summed E-state index contributed by atoms with van der Waals surface area (Å²) in [5, 5.41) is 6.35. The third-order valence-electron chi connectivity index (χ3n) is 10.8. The molecule has 0 spiro atoms. The lowest BCUT2D eigenvalue weighted by Crippen LogP contribution is -2.50. The Labute approximate surface area is 288 Å². The minimum atomic E-state index is -0.565. The highest BCUT2D eigenvalue weighted by molar-refractivity contribution is 5.99. The summed E-state index contributed by atoms with van der Waals surface area (Å²) < 4.78 is 6.00. The predicted octanol–water partition coefficient (Wildman–Crippen LogP) is 4.28. The molecule has 1 saturated carbocycles. The molecule has 11 nitrogen and oxygen atoms in total. The minimum absolute atomic E-state index is 0.0234. The molecule has 11 heteroatoms. The number of rotatable bonds is 10. The maximum atomic E-state index is 13.3. The number of piperidine rings is 1. The van der Waals surface area contributed by atoms with Crippen molar-refractivity contribution in [1.29, 1.82) is 0 Å². The summed E-state index contributed by atoms with van der Waals surface area (Å²) in [4.78, 5) is 50.3. The number of anilines is 2. The molecule has 1 aliphatic carbocycles. The zero-order chi connectivity index (χ0) is 34.1. The second-order valence-electron chi connectivity index (χ2n) is 14.2. The fourth-order valence-electron chi connectivity index (χ4n) is 7.65. The summed E-state index contributed by atoms with van der Waals surface area (Å²) >= 11 is 0. The summed E-state index contributed by atoms with van der Waals surface area (Å²) in [6, 6.07) is 17.5. The number of hydrogen-bond donors (Lipinski definition) is 3. The molecule has 2 aromatic carbocycles. The summed E-state index contributed by atoms with van der Waals surface area (Å²) in [6.07, 6.45) is 8.37. The number of carbonyl (C=O) groups is 3. The van der Waals surface area contributed by atoms with Crippen molar-refractivity contribution in [1.82, 2.24) is 20.5 Å². The van der Waals surface area contributed by atoms with Crippen LogP contribution in [0.3, 0.4) is 0 Å². The number of fused-ring (bicyclic) bond motifs is 2. The number of carbonyl (C=O) groups excluding carboxylic acids is 3. The zero-order valence-electron chi connectivity index (χ0n) is 28.4. The number of likely N-dealkylation sites (N-methyl/N-ethyl adjacent to an activating group) is 1. The van der Waals surface area contributed by atoms with Crippen molar-refractivity contribution in [3.05, 3.63) is 83.0 Å². The van der Waals surface area contributed by atoms with Gasteiger partial charge in [-0.2, -0.15) is 0 Å². The molecule has 7 rings (SSSR count). The molecule has 4 aliphatic rings. The van der Waals surface area contributed by atoms with E-state index in [1.165, 1.54) is 5.69 Å². The van der Waals surface area contributed by atoms with Crippen LogP contribution in [0.15, 0.2) is 60.8 Å². The number of nitrogens with two attached hydrogens (primary N) is 1. The quantitative estimate of drug-likeness (QED) is 0.292. The smallest absolute Gasteiger partial charge is 0.253 e. The van der Waals surface area contributed by atoms with E-state index in [-0.39, 0.29) is 42.1 Å². The van der Waals surface area contributed by atoms with Gasteiger partial charge in [0.25, 0.3) is 17.7 Å². The van der Waals surface area contributed by atoms with Crippen LogP contribution in [0.4, 0.5) is 11.5 Å². The van der Waals surface area contributed by atoms with Gasteiger partial charge in [-0.25, -0.2) is 4.98 Å². The van der Waals surface area contributed by atoms with Crippen LogP contribution in [0, 0.1) is 0 Å². The van der Waals surface area contributed by atoms with Crippen molar-refractivity contribution in [3.63, 3.8) is 0 Å². The van der Waals surface area contributed by atoms with Crippen LogP contribution in [0.5, 0.6) is 5.75 Å². The SMILES string of the molecule is C[C@H](NC(=O)c1ccc(N2[C@@H]3CC[C@H]2CC(NC(=O)c2ccc(C(N)=O)c(OC4CCC4)c2)C3)nc1)c1ccc(N2CCN(C)CC2)cc1. The molecule has 3 aliphatic heterocycles. The Morgan fingerprint density at radius 3 is 2.18 bits per heavy atom. The highest BCUT2D eigenvalue weighted by Crippen LogP contribution is 2.39. The van der Waals surface area contributed by atoms with Gasteiger partial charge < -0.3 is 35.8 Å². The van der Waals surface area contributed by atoms with Gasteiger partial charge in [-0.05, 0) is 107 Å². The van der Waals surface area contributed by atoms with Gasteiger partial charge in [0.15, 0.2) is 0 Å². The standard InChI is InChI=1S/C38H47N7O4/c1-24(25-6-10-29(11-7-25)44-18-16-43(2)17-19-44)41-38(48)27-9-15-35(40-23-27)45-30-12-13-31(45)22-28(21-30)42-37(47)26-8-14-33(36(39)46)34(20-26)49-32-4-3-5-32/h6-11,14-15,20,23-24,28,30-32H,3-5,12-13,16-19,21-22H2,1-2H3,(H2,39,46)(H,41,48)(H,42,47)/t24-,28?,30-,31+/m0/s1. The van der Waals surface area contributed by atoms with Gasteiger partial charge in [-0.1, -0.05) is 12.1 Å². The number of ether oxygens (including phenoxy) is 1. The van der Waals surface area contributed by atoms with E-state index in [4.69, 9.17) is 15.5 Å². The lowest BCUT2D eigenvalue weighted by Gasteiger charge is -2.40. The van der Waals surface area contributed by atoms with Gasteiger partial charge in [-0.15, -0.1) is 0 Å². The van der Waals surface area contributed by atoms with Crippen LogP contribution in [0.1, 0.15) is 94.5 Å². The van der Waals surface area contributed by atoms with Crippen LogP contribution in [0.25, 0.3) is 0 Å². The Kier molecular flexibility index (Phi) is 9.44. The molecule has 3 saturated heterocycles. The van der Waals surface area contributed by atoms with Gasteiger partial charge in [0, 0.05) is 61.8 Å². The first-order chi connectivity index (χ1) is 23.7. The van der Waals surface area contributed by atoms with Crippen LogP contribution in [-0.4, -0.2) is 85.1 Å². The maximum Gasteiger partial charge on any atom is 0.253 e. The molecular weight excluding hydrogens is 618 g/mol. The molecule has 4 fully saturated rings. The Balaban J connectivity index is 0.932. The second kappa shape index (κ2) is 14.1. The van der Waals surface area contributed by atoms with Gasteiger partial charge in [0.05, 0.1) is 23.3 Å². The van der Waals surface area contributed by atoms with E-state index in [0.717, 1.165) is 82.5 Å². The number of primary amides is 1. The van der Waals surface area contributed by atoms with E-state index >= 15 is 0 Å². The van der Waals surface area contributed by atoms with E-state index < -0.39 is 5.91 Å². The van der Waals surface area contributed by atoms with E-state index in [2.05, 4.69) is 56.6 Å². The zero-order valence-corrected chi connectivity index (χ0v) is 28.4. The average molecular weight is 666 g/mol. The third-order valence-corrected chi connectivity index (χ3v) is 10.8. The highest BCUT2D eigenvalue weighted by Gasteiger charge is 2.42. The number of piperazine rings is 1. The molecule has 2 bridgehead atoms. The fourth-order valence-corrected chi connectivity index (χ4v) is 7.65. The summed E-state index contributed by atoms with van der Waals surface area (Å²) in [7, 11) is 2.16. The molecule has 3 amide bonds. The summed E-state index contributed by atoms with van der Waals surface area (Å²) in [5.41, 5.74) is 9.13. The average Bonchev–Trinajstić information content (AvgIpc) is 3.36. The molecule has 0 radical (unpaired) electrons.